The van der Waals surface area contributed by atoms with Crippen molar-refractivity contribution >= 4 is 23.6 Å². The van der Waals surface area contributed by atoms with Crippen LogP contribution < -0.4 is 5.32 Å². The van der Waals surface area contributed by atoms with Crippen LogP contribution in [0.3, 0.4) is 0 Å². The fraction of sp³-hybridized carbons (Fsp3) is 0.619. The van der Waals surface area contributed by atoms with Crippen LogP contribution >= 0.6 is 11.8 Å². The molecule has 1 N–H and O–H groups in total. The lowest BCUT2D eigenvalue weighted by Gasteiger charge is -2.43. The molecule has 2 amide bonds. The maximum atomic E-state index is 13.3. The van der Waals surface area contributed by atoms with Crippen LogP contribution in [0.5, 0.6) is 0 Å². The van der Waals surface area contributed by atoms with E-state index in [0.29, 0.717) is 18.2 Å². The van der Waals surface area contributed by atoms with Gasteiger partial charge in [0.25, 0.3) is 0 Å². The zero-order chi connectivity index (χ0) is 18.9. The van der Waals surface area contributed by atoms with Crippen LogP contribution in [0.1, 0.15) is 50.5 Å². The molecule has 4 nitrogen and oxygen atoms in total. The van der Waals surface area contributed by atoms with Gasteiger partial charge >= 0.3 is 0 Å². The summed E-state index contributed by atoms with van der Waals surface area (Å²) in [6, 6.07) is 6.30. The summed E-state index contributed by atoms with van der Waals surface area (Å²) in [6.07, 6.45) is 7.29. The Morgan fingerprint density at radius 2 is 1.85 bits per heavy atom. The predicted molar refractivity (Wildman–Crippen MR) is 105 cm³/mol. The van der Waals surface area contributed by atoms with E-state index in [1.165, 1.54) is 12.1 Å². The highest BCUT2D eigenvalue weighted by Gasteiger charge is 2.42. The van der Waals surface area contributed by atoms with E-state index in [-0.39, 0.29) is 35.0 Å². The van der Waals surface area contributed by atoms with E-state index in [4.69, 9.17) is 0 Å². The van der Waals surface area contributed by atoms with Crippen molar-refractivity contribution in [2.45, 2.75) is 56.4 Å². The molecule has 1 aromatic carbocycles. The number of thioether (sulfide) groups is 1. The van der Waals surface area contributed by atoms with Crippen molar-refractivity contribution in [1.82, 2.24) is 10.2 Å². The number of nitrogens with one attached hydrogen (secondary N) is 1. The summed E-state index contributed by atoms with van der Waals surface area (Å²) in [5.41, 5.74) is 1.00. The Kier molecular flexibility index (Phi) is 5.44. The highest BCUT2D eigenvalue weighted by atomic mass is 32.2. The molecule has 146 valence electrons. The second-order valence-corrected chi connectivity index (χ2v) is 9.16. The van der Waals surface area contributed by atoms with Gasteiger partial charge < -0.3 is 10.2 Å². The fourth-order valence-electron chi connectivity index (χ4n) is 4.63. The van der Waals surface area contributed by atoms with Crippen LogP contribution in [-0.4, -0.2) is 40.9 Å². The van der Waals surface area contributed by atoms with Crippen molar-refractivity contribution in [3.8, 4) is 0 Å². The van der Waals surface area contributed by atoms with Gasteiger partial charge in [0.05, 0.1) is 5.88 Å². The SMILES string of the molecule is O=C(NCC1(c2ccc(F)cc2)CCC1)C1CSCN1C(=O)C1CCCC1. The molecular formula is C21H27FN2O2S. The van der Waals surface area contributed by atoms with Gasteiger partial charge in [-0.25, -0.2) is 4.39 Å². The second kappa shape index (κ2) is 7.82. The van der Waals surface area contributed by atoms with Crippen LogP contribution in [0.2, 0.25) is 0 Å². The predicted octanol–water partition coefficient (Wildman–Crippen LogP) is 3.46. The minimum atomic E-state index is -0.353. The molecule has 0 bridgehead atoms. The third-order valence-corrected chi connectivity index (χ3v) is 7.55. The molecule has 1 atom stereocenters. The lowest BCUT2D eigenvalue weighted by atomic mass is 9.64. The molecule has 27 heavy (non-hydrogen) atoms. The number of benzene rings is 1. The number of carbonyl (C=O) groups excluding carboxylic acids is 2. The van der Waals surface area contributed by atoms with Crippen molar-refractivity contribution in [3.63, 3.8) is 0 Å². The molecule has 3 fully saturated rings. The van der Waals surface area contributed by atoms with Crippen LogP contribution in [0.15, 0.2) is 24.3 Å². The maximum Gasteiger partial charge on any atom is 0.243 e. The molecule has 2 aliphatic carbocycles. The number of rotatable bonds is 5. The summed E-state index contributed by atoms with van der Waals surface area (Å²) in [5, 5.41) is 3.12. The lowest BCUT2D eigenvalue weighted by Crippen LogP contribution is -2.52. The van der Waals surface area contributed by atoms with E-state index in [0.717, 1.165) is 50.5 Å². The number of halogens is 1. The van der Waals surface area contributed by atoms with Crippen molar-refractivity contribution in [3.05, 3.63) is 35.6 Å². The number of nitrogens with zero attached hydrogens (tertiary/aromatic N) is 1. The largest absolute Gasteiger partial charge is 0.353 e. The van der Waals surface area contributed by atoms with Gasteiger partial charge in [-0.2, -0.15) is 0 Å². The zero-order valence-corrected chi connectivity index (χ0v) is 16.4. The average Bonchev–Trinajstić information content (AvgIpc) is 3.33. The molecule has 4 rings (SSSR count). The molecule has 0 spiro atoms. The highest BCUT2D eigenvalue weighted by Crippen LogP contribution is 2.43. The Labute approximate surface area is 164 Å². The van der Waals surface area contributed by atoms with Gasteiger partial charge in [0.15, 0.2) is 0 Å². The minimum absolute atomic E-state index is 0.0419. The van der Waals surface area contributed by atoms with Crippen LogP contribution in [0.25, 0.3) is 0 Å². The van der Waals surface area contributed by atoms with Gasteiger partial charge in [0.2, 0.25) is 11.8 Å². The second-order valence-electron chi connectivity index (χ2n) is 8.16. The standard InChI is InChI=1S/C21H27FN2O2S/c22-17-8-6-16(7-9-17)21(10-3-11-21)13-23-19(25)18-12-27-14-24(18)20(26)15-4-1-2-5-15/h6-9,15,18H,1-5,10-14H2,(H,23,25). The lowest BCUT2D eigenvalue weighted by molar-refractivity contribution is -0.141. The molecule has 1 heterocycles. The van der Waals surface area contributed by atoms with Crippen LogP contribution in [0.4, 0.5) is 4.39 Å². The third kappa shape index (κ3) is 3.73. The maximum absolute atomic E-state index is 13.3. The van der Waals surface area contributed by atoms with Crippen molar-refractivity contribution in [1.29, 1.82) is 0 Å². The summed E-state index contributed by atoms with van der Waals surface area (Å²) < 4.78 is 13.3. The molecule has 0 radical (unpaired) electrons. The van der Waals surface area contributed by atoms with Gasteiger partial charge in [-0.3, -0.25) is 9.59 Å². The number of hydrogen-bond donors (Lipinski definition) is 1. The van der Waals surface area contributed by atoms with Gasteiger partial charge in [-0.15, -0.1) is 11.8 Å². The first-order chi connectivity index (χ1) is 13.1. The van der Waals surface area contributed by atoms with Crippen molar-refractivity contribution in [2.75, 3.05) is 18.2 Å². The molecule has 1 aromatic rings. The summed E-state index contributed by atoms with van der Waals surface area (Å²) in [7, 11) is 0. The van der Waals surface area contributed by atoms with E-state index in [1.54, 1.807) is 16.7 Å². The molecule has 1 unspecified atom stereocenters. The summed E-state index contributed by atoms with van der Waals surface area (Å²) in [6.45, 7) is 0.560. The van der Waals surface area contributed by atoms with Crippen molar-refractivity contribution in [2.24, 2.45) is 5.92 Å². The third-order valence-electron chi connectivity index (χ3n) is 6.54. The van der Waals surface area contributed by atoms with Crippen LogP contribution in [0, 0.1) is 11.7 Å². The zero-order valence-electron chi connectivity index (χ0n) is 15.6. The minimum Gasteiger partial charge on any atom is -0.353 e. The fourth-order valence-corrected chi connectivity index (χ4v) is 5.80. The molecular weight excluding hydrogens is 363 g/mol. The smallest absolute Gasteiger partial charge is 0.243 e. The number of carbonyl (C=O) groups is 2. The summed E-state index contributed by atoms with van der Waals surface area (Å²) in [5.74, 6) is 1.29. The molecule has 3 aliphatic rings. The van der Waals surface area contributed by atoms with E-state index >= 15 is 0 Å². The number of amides is 2. The van der Waals surface area contributed by atoms with Crippen LogP contribution in [-0.2, 0) is 15.0 Å². The first-order valence-electron chi connectivity index (χ1n) is 10.0. The quantitative estimate of drug-likeness (QED) is 0.838. The van der Waals surface area contributed by atoms with Gasteiger partial charge in [0.1, 0.15) is 11.9 Å². The Morgan fingerprint density at radius 1 is 1.15 bits per heavy atom. The van der Waals surface area contributed by atoms with E-state index in [1.807, 2.05) is 12.1 Å². The Morgan fingerprint density at radius 3 is 2.48 bits per heavy atom. The van der Waals surface area contributed by atoms with Gasteiger partial charge in [-0.1, -0.05) is 31.4 Å². The monoisotopic (exact) mass is 390 g/mol. The Balaban J connectivity index is 1.39. The first-order valence-corrected chi connectivity index (χ1v) is 11.2. The molecule has 2 saturated carbocycles. The Bertz CT molecular complexity index is 699. The molecule has 6 heteroatoms. The first kappa shape index (κ1) is 18.8. The summed E-state index contributed by atoms with van der Waals surface area (Å²) >= 11 is 1.66. The van der Waals surface area contributed by atoms with E-state index in [9.17, 15) is 14.0 Å². The Hall–Kier alpha value is -1.56. The van der Waals surface area contributed by atoms with E-state index < -0.39 is 0 Å². The van der Waals surface area contributed by atoms with E-state index in [2.05, 4.69) is 5.32 Å². The molecule has 0 aromatic heterocycles. The molecule has 1 aliphatic heterocycles. The average molecular weight is 391 g/mol. The topological polar surface area (TPSA) is 49.4 Å². The summed E-state index contributed by atoms with van der Waals surface area (Å²) in [4.78, 5) is 27.4. The molecule has 1 saturated heterocycles. The number of hydrogen-bond acceptors (Lipinski definition) is 3. The van der Waals surface area contributed by atoms with Gasteiger partial charge in [0, 0.05) is 23.6 Å². The van der Waals surface area contributed by atoms with Crippen molar-refractivity contribution < 1.29 is 14.0 Å². The highest BCUT2D eigenvalue weighted by molar-refractivity contribution is 7.99. The van der Waals surface area contributed by atoms with Gasteiger partial charge in [-0.05, 0) is 43.4 Å². The normalized spacial score (nSPS) is 24.6.